The summed E-state index contributed by atoms with van der Waals surface area (Å²) >= 11 is 0. The highest BCUT2D eigenvalue weighted by Crippen LogP contribution is 2.48. The van der Waals surface area contributed by atoms with Gasteiger partial charge in [-0.25, -0.2) is 31.7 Å². The molecule has 51 heavy (non-hydrogen) atoms. The van der Waals surface area contributed by atoms with Crippen LogP contribution in [0.1, 0.15) is 58.8 Å². The van der Waals surface area contributed by atoms with Crippen molar-refractivity contribution < 1.29 is 51.0 Å². The van der Waals surface area contributed by atoms with Gasteiger partial charge in [-0.1, -0.05) is 26.0 Å². The molecule has 2 aliphatic heterocycles. The first kappa shape index (κ1) is 36.3. The molecule has 4 aliphatic rings. The van der Waals surface area contributed by atoms with E-state index in [9.17, 15) is 41.5 Å². The van der Waals surface area contributed by atoms with Gasteiger partial charge in [0.15, 0.2) is 11.6 Å². The normalized spacial score (nSPS) is 31.2. The second-order valence-electron chi connectivity index (χ2n) is 14.1. The molecule has 17 heteroatoms. The summed E-state index contributed by atoms with van der Waals surface area (Å²) in [6, 6.07) is 1.75. The molecule has 3 fully saturated rings. The molecule has 7 atom stereocenters. The fourth-order valence-corrected chi connectivity index (χ4v) is 8.42. The van der Waals surface area contributed by atoms with Crippen LogP contribution in [0.15, 0.2) is 36.5 Å². The number of methoxy groups -OCH3 is 1. The number of nitrogens with one attached hydrogen (secondary N) is 3. The van der Waals surface area contributed by atoms with Crippen molar-refractivity contribution in [3.63, 3.8) is 0 Å². The Kier molecular flexibility index (Phi) is 9.63. The average Bonchev–Trinajstić information content (AvgIpc) is 3.95. The summed E-state index contributed by atoms with van der Waals surface area (Å²) in [4.78, 5) is 59.4. The Morgan fingerprint density at radius 3 is 2.61 bits per heavy atom. The van der Waals surface area contributed by atoms with Gasteiger partial charge in [0, 0.05) is 36.8 Å². The molecule has 1 aromatic heterocycles. The second kappa shape index (κ2) is 13.5. The van der Waals surface area contributed by atoms with Gasteiger partial charge in [-0.2, -0.15) is 0 Å². The number of hydrogen-bond acceptors (Lipinski definition) is 9. The topological polar surface area (TPSA) is 193 Å². The zero-order chi connectivity index (χ0) is 36.9. The Labute approximate surface area is 293 Å². The lowest BCUT2D eigenvalue weighted by Crippen LogP contribution is -2.59. The average molecular weight is 734 g/mol. The third-order valence-electron chi connectivity index (χ3n) is 10.3. The first-order chi connectivity index (χ1) is 24.1. The molecule has 2 saturated carbocycles. The fraction of sp³-hybridized carbons (Fsp3) is 0.559. The Morgan fingerprint density at radius 2 is 1.92 bits per heavy atom. The van der Waals surface area contributed by atoms with Gasteiger partial charge in [-0.3, -0.25) is 14.4 Å². The number of amides is 4. The summed E-state index contributed by atoms with van der Waals surface area (Å²) < 4.78 is 67.9. The van der Waals surface area contributed by atoms with Crippen LogP contribution in [0.2, 0.25) is 0 Å². The minimum absolute atomic E-state index is 0.00639. The minimum atomic E-state index is -4.69. The largest absolute Gasteiger partial charge is 0.494 e. The SMILES string of the molecule is COc1cc2ccnc(O[C@@H]3C[C@H]4C(=O)NC5(C(=O)NS(=O)(=O)C6(F)CC6)CC5/C=C\CC[C@@H](C)C[C@@H](C)[C@H](NC(=O)O)C(=O)N4C3)c2cc1F. The zero-order valence-corrected chi connectivity index (χ0v) is 29.2. The van der Waals surface area contributed by atoms with Crippen LogP contribution in [-0.4, -0.2) is 89.6 Å². The standard InChI is InChI=1S/C34H41F2N5O9S/c1-18-6-4-5-7-21-16-34(21,31(44)40-51(47,48)33(36)9-10-33)39-28(42)25-14-22(17-41(25)30(43)27(19(2)12-18)38-32(45)46)50-29-23-15-24(35)26(49-3)13-20(23)8-11-37-29/h5,7-8,11,13,15,18-19,21-22,25,27,38H,4,6,9-10,12,14,16-17H2,1-3H3,(H,39,42)(H,40,44)(H,45,46)/b7-5-/t18-,19-,21?,22-,25+,27+,34?/m1/s1. The quantitative estimate of drug-likeness (QED) is 0.307. The number of aromatic nitrogens is 1. The Bertz CT molecular complexity index is 1890. The number of hydrogen-bond donors (Lipinski definition) is 4. The van der Waals surface area contributed by atoms with E-state index in [1.165, 1.54) is 30.3 Å². The van der Waals surface area contributed by atoms with Crippen LogP contribution in [-0.2, 0) is 24.4 Å². The lowest BCUT2D eigenvalue weighted by atomic mass is 9.88. The first-order valence-corrected chi connectivity index (χ1v) is 18.4. The summed E-state index contributed by atoms with van der Waals surface area (Å²) in [6.07, 6.45) is 3.76. The van der Waals surface area contributed by atoms with E-state index in [2.05, 4.69) is 15.6 Å². The molecule has 0 spiro atoms. The van der Waals surface area contributed by atoms with E-state index in [0.29, 0.717) is 30.0 Å². The molecule has 1 saturated heterocycles. The lowest BCUT2D eigenvalue weighted by Gasteiger charge is -2.32. The van der Waals surface area contributed by atoms with Crippen LogP contribution in [0.3, 0.4) is 0 Å². The summed E-state index contributed by atoms with van der Waals surface area (Å²) in [6.45, 7) is 3.52. The predicted molar refractivity (Wildman–Crippen MR) is 178 cm³/mol. The molecule has 0 radical (unpaired) electrons. The van der Waals surface area contributed by atoms with Gasteiger partial charge in [0.05, 0.1) is 13.7 Å². The van der Waals surface area contributed by atoms with Crippen molar-refractivity contribution in [3.8, 4) is 11.6 Å². The van der Waals surface area contributed by atoms with Crippen LogP contribution >= 0.6 is 0 Å². The number of rotatable bonds is 7. The number of allylic oxidation sites excluding steroid dienone is 1. The monoisotopic (exact) mass is 733 g/mol. The van der Waals surface area contributed by atoms with Crippen LogP contribution in [0.4, 0.5) is 13.6 Å². The van der Waals surface area contributed by atoms with Gasteiger partial charge >= 0.3 is 6.09 Å². The summed E-state index contributed by atoms with van der Waals surface area (Å²) in [7, 11) is -3.36. The molecule has 3 heterocycles. The third kappa shape index (κ3) is 7.17. The van der Waals surface area contributed by atoms with Gasteiger partial charge in [-0.15, -0.1) is 0 Å². The number of ether oxygens (including phenoxy) is 2. The smallest absolute Gasteiger partial charge is 0.405 e. The van der Waals surface area contributed by atoms with E-state index < -0.39 is 80.2 Å². The van der Waals surface area contributed by atoms with Gasteiger partial charge in [0.2, 0.25) is 22.7 Å². The Hall–Kier alpha value is -4.54. The van der Waals surface area contributed by atoms with Crippen molar-refractivity contribution in [1.82, 2.24) is 25.2 Å². The Balaban J connectivity index is 1.34. The number of alkyl halides is 1. The number of benzene rings is 1. The first-order valence-electron chi connectivity index (χ1n) is 16.9. The predicted octanol–water partition coefficient (Wildman–Crippen LogP) is 3.16. The maximum Gasteiger partial charge on any atom is 0.405 e. The molecule has 2 aliphatic carbocycles. The van der Waals surface area contributed by atoms with Crippen LogP contribution in [0.25, 0.3) is 10.8 Å². The van der Waals surface area contributed by atoms with E-state index in [0.717, 1.165) is 0 Å². The molecule has 2 aromatic rings. The van der Waals surface area contributed by atoms with Crippen LogP contribution in [0, 0.1) is 23.6 Å². The molecular weight excluding hydrogens is 692 g/mol. The van der Waals surface area contributed by atoms with E-state index >= 15 is 0 Å². The molecule has 2 unspecified atom stereocenters. The number of carbonyl (C=O) groups is 4. The molecule has 6 rings (SSSR count). The van der Waals surface area contributed by atoms with Crippen molar-refractivity contribution in [2.24, 2.45) is 17.8 Å². The minimum Gasteiger partial charge on any atom is -0.494 e. The third-order valence-corrected chi connectivity index (χ3v) is 12.2. The molecule has 4 amide bonds. The fourth-order valence-electron chi connectivity index (χ4n) is 7.18. The van der Waals surface area contributed by atoms with Crippen molar-refractivity contribution in [1.29, 1.82) is 0 Å². The number of carboxylic acid groups (broad SMARTS) is 1. The zero-order valence-electron chi connectivity index (χ0n) is 28.4. The number of fused-ring (bicyclic) bond motifs is 3. The number of carbonyl (C=O) groups excluding carboxylic acids is 3. The van der Waals surface area contributed by atoms with Gasteiger partial charge in [-0.05, 0) is 61.1 Å². The van der Waals surface area contributed by atoms with E-state index in [1.807, 2.05) is 17.7 Å². The highest BCUT2D eigenvalue weighted by Gasteiger charge is 2.64. The number of sulfonamides is 1. The van der Waals surface area contributed by atoms with Crippen molar-refractivity contribution >= 4 is 44.6 Å². The number of halogens is 2. The summed E-state index contributed by atoms with van der Waals surface area (Å²) in [5.74, 6) is -4.28. The van der Waals surface area contributed by atoms with Gasteiger partial charge < -0.3 is 30.1 Å². The molecule has 1 aromatic carbocycles. The van der Waals surface area contributed by atoms with E-state index in [4.69, 9.17) is 9.47 Å². The summed E-state index contributed by atoms with van der Waals surface area (Å²) in [5, 5.41) is 13.0. The van der Waals surface area contributed by atoms with Gasteiger partial charge in [0.25, 0.3) is 15.9 Å². The second-order valence-corrected chi connectivity index (χ2v) is 16.1. The molecule has 14 nitrogen and oxygen atoms in total. The Morgan fingerprint density at radius 1 is 1.18 bits per heavy atom. The van der Waals surface area contributed by atoms with E-state index in [1.54, 1.807) is 19.1 Å². The van der Waals surface area contributed by atoms with Crippen LogP contribution < -0.4 is 24.8 Å². The maximum atomic E-state index is 14.7. The van der Waals surface area contributed by atoms with Crippen molar-refractivity contribution in [3.05, 3.63) is 42.4 Å². The highest BCUT2D eigenvalue weighted by atomic mass is 32.2. The van der Waals surface area contributed by atoms with Crippen LogP contribution in [0.5, 0.6) is 11.6 Å². The van der Waals surface area contributed by atoms with E-state index in [-0.39, 0.29) is 49.8 Å². The maximum absolute atomic E-state index is 14.7. The molecule has 0 bridgehead atoms. The highest BCUT2D eigenvalue weighted by molar-refractivity contribution is 7.91. The molecule has 276 valence electrons. The van der Waals surface area contributed by atoms with Crippen molar-refractivity contribution in [2.75, 3.05) is 13.7 Å². The number of pyridine rings is 1. The van der Waals surface area contributed by atoms with Crippen molar-refractivity contribution in [2.45, 2.75) is 87.5 Å². The lowest BCUT2D eigenvalue weighted by molar-refractivity contribution is -0.142. The summed E-state index contributed by atoms with van der Waals surface area (Å²) in [5.41, 5.74) is -1.74. The molecular formula is C34H41F2N5O9S. The van der Waals surface area contributed by atoms with Gasteiger partial charge in [0.1, 0.15) is 23.7 Å². The number of nitrogens with zero attached hydrogens (tertiary/aromatic N) is 2. The molecule has 4 N–H and O–H groups in total.